The highest BCUT2D eigenvalue weighted by Gasteiger charge is 2.28. The molecule has 24 heavy (non-hydrogen) atoms. The molecule has 0 unspecified atom stereocenters. The minimum atomic E-state index is -0.792. The van der Waals surface area contributed by atoms with Crippen LogP contribution < -0.4 is 0 Å². The van der Waals surface area contributed by atoms with Crippen LogP contribution in [0.3, 0.4) is 0 Å². The highest BCUT2D eigenvalue weighted by Crippen LogP contribution is 2.31. The number of rotatable bonds is 6. The number of aromatic nitrogens is 2. The molecule has 1 aliphatic heterocycles. The molecule has 5 nitrogen and oxygen atoms in total. The predicted molar refractivity (Wildman–Crippen MR) is 91.6 cm³/mol. The number of hydrogen-bond donors (Lipinski definition) is 1. The molecule has 1 aliphatic rings. The van der Waals surface area contributed by atoms with Crippen LogP contribution in [0.1, 0.15) is 48.1 Å². The number of benzene rings is 1. The summed E-state index contributed by atoms with van der Waals surface area (Å²) >= 11 is 0. The standard InChI is InChI=1S/C19H23N3O2/c1-14-12-16(9-10-18(23)24)21-19(20-14)17-8-5-11-22(17)13-15-6-3-2-4-7-15/h2-4,6-7,12,17H,5,8-11,13H2,1H3,(H,23,24)/t17-/m1/s1. The fraction of sp³-hybridized carbons (Fsp3) is 0.421. The Labute approximate surface area is 142 Å². The number of nitrogens with zero attached hydrogens (tertiary/aromatic N) is 3. The van der Waals surface area contributed by atoms with E-state index >= 15 is 0 Å². The average Bonchev–Trinajstić information content (AvgIpc) is 3.01. The Morgan fingerprint density at radius 1 is 1.29 bits per heavy atom. The van der Waals surface area contributed by atoms with Gasteiger partial charge in [-0.15, -0.1) is 0 Å². The van der Waals surface area contributed by atoms with E-state index in [1.165, 1.54) is 5.56 Å². The van der Waals surface area contributed by atoms with Crippen LogP contribution in [-0.4, -0.2) is 32.5 Å². The van der Waals surface area contributed by atoms with Crippen molar-refractivity contribution in [3.8, 4) is 0 Å². The quantitative estimate of drug-likeness (QED) is 0.884. The molecule has 2 aromatic rings. The van der Waals surface area contributed by atoms with Gasteiger partial charge in [0.15, 0.2) is 0 Å². The first-order valence-corrected chi connectivity index (χ1v) is 8.46. The fourth-order valence-electron chi connectivity index (χ4n) is 3.30. The van der Waals surface area contributed by atoms with Crippen LogP contribution in [-0.2, 0) is 17.8 Å². The van der Waals surface area contributed by atoms with Crippen LogP contribution in [0.5, 0.6) is 0 Å². The molecule has 0 amide bonds. The number of hydrogen-bond acceptors (Lipinski definition) is 4. The van der Waals surface area contributed by atoms with Crippen molar-refractivity contribution < 1.29 is 9.90 Å². The number of aryl methyl sites for hydroxylation is 2. The summed E-state index contributed by atoms with van der Waals surface area (Å²) in [6.07, 6.45) is 2.75. The van der Waals surface area contributed by atoms with Gasteiger partial charge in [0.25, 0.3) is 0 Å². The largest absolute Gasteiger partial charge is 0.481 e. The van der Waals surface area contributed by atoms with Crippen molar-refractivity contribution in [1.29, 1.82) is 0 Å². The number of carboxylic acids is 1. The van der Waals surface area contributed by atoms with Gasteiger partial charge in [0, 0.05) is 24.4 Å². The first-order valence-electron chi connectivity index (χ1n) is 8.46. The van der Waals surface area contributed by atoms with Crippen LogP contribution in [0.25, 0.3) is 0 Å². The Kier molecular flexibility index (Phi) is 5.20. The van der Waals surface area contributed by atoms with Gasteiger partial charge in [-0.2, -0.15) is 0 Å². The van der Waals surface area contributed by atoms with E-state index in [4.69, 9.17) is 5.11 Å². The van der Waals surface area contributed by atoms with Gasteiger partial charge in [0.1, 0.15) is 5.82 Å². The topological polar surface area (TPSA) is 66.3 Å². The van der Waals surface area contributed by atoms with Gasteiger partial charge in [-0.05, 0) is 37.9 Å². The van der Waals surface area contributed by atoms with E-state index in [0.717, 1.165) is 43.1 Å². The molecule has 0 saturated carbocycles. The van der Waals surface area contributed by atoms with E-state index in [2.05, 4.69) is 39.1 Å². The highest BCUT2D eigenvalue weighted by atomic mass is 16.4. The lowest BCUT2D eigenvalue weighted by Crippen LogP contribution is -2.24. The maximum atomic E-state index is 10.8. The summed E-state index contributed by atoms with van der Waals surface area (Å²) in [5, 5.41) is 8.88. The van der Waals surface area contributed by atoms with E-state index in [9.17, 15) is 4.79 Å². The lowest BCUT2D eigenvalue weighted by atomic mass is 10.1. The smallest absolute Gasteiger partial charge is 0.303 e. The second kappa shape index (κ2) is 7.53. The molecule has 0 bridgehead atoms. The summed E-state index contributed by atoms with van der Waals surface area (Å²) in [4.78, 5) is 22.5. The van der Waals surface area contributed by atoms with Gasteiger partial charge >= 0.3 is 5.97 Å². The zero-order valence-corrected chi connectivity index (χ0v) is 14.0. The highest BCUT2D eigenvalue weighted by molar-refractivity contribution is 5.66. The summed E-state index contributed by atoms with van der Waals surface area (Å²) in [5.41, 5.74) is 3.03. The second-order valence-corrected chi connectivity index (χ2v) is 6.37. The minimum absolute atomic E-state index is 0.105. The van der Waals surface area contributed by atoms with Crippen LogP contribution in [0.4, 0.5) is 0 Å². The third kappa shape index (κ3) is 4.17. The average molecular weight is 325 g/mol. The lowest BCUT2D eigenvalue weighted by molar-refractivity contribution is -0.136. The molecule has 1 fully saturated rings. The number of carboxylic acid groups (broad SMARTS) is 1. The Morgan fingerprint density at radius 2 is 2.08 bits per heavy atom. The number of aliphatic carboxylic acids is 1. The normalized spacial score (nSPS) is 18.0. The first kappa shape index (κ1) is 16.6. The van der Waals surface area contributed by atoms with Crippen LogP contribution in [0, 0.1) is 6.92 Å². The summed E-state index contributed by atoms with van der Waals surface area (Å²) in [5.74, 6) is 0.0446. The Bertz CT molecular complexity index is 703. The monoisotopic (exact) mass is 325 g/mol. The molecule has 1 N–H and O–H groups in total. The van der Waals surface area contributed by atoms with Crippen molar-refractivity contribution >= 4 is 5.97 Å². The predicted octanol–water partition coefficient (Wildman–Crippen LogP) is 3.14. The molecular formula is C19H23N3O2. The van der Waals surface area contributed by atoms with E-state index in [1.54, 1.807) is 0 Å². The third-order valence-corrected chi connectivity index (χ3v) is 4.41. The van der Waals surface area contributed by atoms with Gasteiger partial charge < -0.3 is 5.11 Å². The second-order valence-electron chi connectivity index (χ2n) is 6.37. The summed E-state index contributed by atoms with van der Waals surface area (Å²) < 4.78 is 0. The molecule has 1 atom stereocenters. The van der Waals surface area contributed by atoms with E-state index in [0.29, 0.717) is 6.42 Å². The fourth-order valence-corrected chi connectivity index (χ4v) is 3.30. The van der Waals surface area contributed by atoms with Crippen molar-refractivity contribution in [2.45, 2.75) is 45.2 Å². The van der Waals surface area contributed by atoms with E-state index in [-0.39, 0.29) is 12.5 Å². The molecule has 0 spiro atoms. The van der Waals surface area contributed by atoms with Crippen molar-refractivity contribution in [1.82, 2.24) is 14.9 Å². The lowest BCUT2D eigenvalue weighted by Gasteiger charge is -2.24. The van der Waals surface area contributed by atoms with Crippen molar-refractivity contribution in [2.24, 2.45) is 0 Å². The molecule has 0 radical (unpaired) electrons. The third-order valence-electron chi connectivity index (χ3n) is 4.41. The van der Waals surface area contributed by atoms with E-state index < -0.39 is 5.97 Å². The van der Waals surface area contributed by atoms with Crippen molar-refractivity contribution in [3.05, 3.63) is 59.2 Å². The molecule has 2 heterocycles. The van der Waals surface area contributed by atoms with Crippen molar-refractivity contribution in [2.75, 3.05) is 6.54 Å². The zero-order chi connectivity index (χ0) is 16.9. The molecule has 1 saturated heterocycles. The molecule has 126 valence electrons. The zero-order valence-electron chi connectivity index (χ0n) is 14.0. The molecular weight excluding hydrogens is 302 g/mol. The molecule has 1 aromatic carbocycles. The number of likely N-dealkylation sites (tertiary alicyclic amines) is 1. The van der Waals surface area contributed by atoms with E-state index in [1.807, 2.05) is 19.1 Å². The van der Waals surface area contributed by atoms with Crippen LogP contribution >= 0.6 is 0 Å². The molecule has 1 aromatic heterocycles. The van der Waals surface area contributed by atoms with Gasteiger partial charge in [0.2, 0.25) is 0 Å². The first-order chi connectivity index (χ1) is 11.6. The van der Waals surface area contributed by atoms with Crippen molar-refractivity contribution in [3.63, 3.8) is 0 Å². The Morgan fingerprint density at radius 3 is 2.83 bits per heavy atom. The van der Waals surface area contributed by atoms with Gasteiger partial charge in [-0.3, -0.25) is 9.69 Å². The SMILES string of the molecule is Cc1cc(CCC(=O)O)nc([C@H]2CCCN2Cc2ccccc2)n1. The van der Waals surface area contributed by atoms with Gasteiger partial charge in [-0.1, -0.05) is 30.3 Å². The molecule has 0 aliphatic carbocycles. The number of carbonyl (C=O) groups is 1. The summed E-state index contributed by atoms with van der Waals surface area (Å²) in [6, 6.07) is 12.6. The Balaban J connectivity index is 1.77. The van der Waals surface area contributed by atoms with Gasteiger partial charge in [0.05, 0.1) is 12.5 Å². The molecule has 5 heteroatoms. The molecule has 3 rings (SSSR count). The summed E-state index contributed by atoms with van der Waals surface area (Å²) in [7, 11) is 0. The minimum Gasteiger partial charge on any atom is -0.481 e. The summed E-state index contributed by atoms with van der Waals surface area (Å²) in [6.45, 7) is 3.89. The maximum absolute atomic E-state index is 10.8. The van der Waals surface area contributed by atoms with Gasteiger partial charge in [-0.25, -0.2) is 9.97 Å². The Hall–Kier alpha value is -2.27. The van der Waals surface area contributed by atoms with Crippen LogP contribution in [0.2, 0.25) is 0 Å². The van der Waals surface area contributed by atoms with Crippen LogP contribution in [0.15, 0.2) is 36.4 Å². The maximum Gasteiger partial charge on any atom is 0.303 e.